The summed E-state index contributed by atoms with van der Waals surface area (Å²) >= 11 is 0. The molecule has 7 rings (SSSR count). The summed E-state index contributed by atoms with van der Waals surface area (Å²) in [5.41, 5.74) is 11.1. The third-order valence-corrected chi connectivity index (χ3v) is 8.01. The van der Waals surface area contributed by atoms with E-state index in [4.69, 9.17) is 10.5 Å². The lowest BCUT2D eigenvalue weighted by atomic mass is 9.48. The first kappa shape index (κ1) is 17.4. The molecule has 2 N–H and O–H groups in total. The Hall–Kier alpha value is -2.48. The van der Waals surface area contributed by atoms with Crippen molar-refractivity contribution in [1.82, 2.24) is 0 Å². The molecule has 4 aliphatic rings. The number of benzene rings is 3. The van der Waals surface area contributed by atoms with Gasteiger partial charge in [-0.1, -0.05) is 24.3 Å². The van der Waals surface area contributed by atoms with Crippen LogP contribution in [0.1, 0.15) is 44.1 Å². The van der Waals surface area contributed by atoms with E-state index in [1.165, 1.54) is 66.0 Å². The first-order valence-electron chi connectivity index (χ1n) is 11.1. The molecule has 4 bridgehead atoms. The Morgan fingerprint density at radius 2 is 1.34 bits per heavy atom. The van der Waals surface area contributed by atoms with E-state index in [2.05, 4.69) is 42.5 Å². The normalized spacial score (nSPS) is 30.0. The highest BCUT2D eigenvalue weighted by atomic mass is 16.5. The molecule has 4 aliphatic carbocycles. The van der Waals surface area contributed by atoms with Crippen LogP contribution in [-0.4, -0.2) is 7.11 Å². The number of hydrogen-bond donors (Lipinski definition) is 1. The van der Waals surface area contributed by atoms with Crippen molar-refractivity contribution in [2.45, 2.75) is 43.9 Å². The van der Waals surface area contributed by atoms with E-state index in [1.54, 1.807) is 0 Å². The lowest BCUT2D eigenvalue weighted by molar-refractivity contribution is -0.00613. The van der Waals surface area contributed by atoms with Gasteiger partial charge in [-0.25, -0.2) is 0 Å². The minimum absolute atomic E-state index is 0.335. The Morgan fingerprint density at radius 3 is 2.03 bits per heavy atom. The average molecular weight is 384 g/mol. The van der Waals surface area contributed by atoms with Crippen LogP contribution < -0.4 is 10.5 Å². The van der Waals surface area contributed by atoms with E-state index in [-0.39, 0.29) is 0 Å². The van der Waals surface area contributed by atoms with Crippen molar-refractivity contribution in [2.75, 3.05) is 12.8 Å². The van der Waals surface area contributed by atoms with E-state index in [9.17, 15) is 0 Å². The molecular weight excluding hydrogens is 354 g/mol. The molecule has 29 heavy (non-hydrogen) atoms. The summed E-state index contributed by atoms with van der Waals surface area (Å²) in [6.45, 7) is 0. The molecule has 2 heteroatoms. The third-order valence-electron chi connectivity index (χ3n) is 8.01. The van der Waals surface area contributed by atoms with Gasteiger partial charge < -0.3 is 10.5 Å². The van der Waals surface area contributed by atoms with Gasteiger partial charge in [-0.2, -0.15) is 0 Å². The second-order valence-electron chi connectivity index (χ2n) is 9.93. The topological polar surface area (TPSA) is 35.2 Å². The maximum atomic E-state index is 5.95. The maximum Gasteiger partial charge on any atom is 0.122 e. The highest BCUT2D eigenvalue weighted by Crippen LogP contribution is 2.62. The van der Waals surface area contributed by atoms with E-state index in [0.29, 0.717) is 5.41 Å². The van der Waals surface area contributed by atoms with E-state index in [0.717, 1.165) is 29.2 Å². The van der Waals surface area contributed by atoms with Crippen LogP contribution in [0, 0.1) is 17.8 Å². The Labute approximate surface area is 173 Å². The monoisotopic (exact) mass is 383 g/mol. The molecular formula is C27H29NO. The minimum Gasteiger partial charge on any atom is -0.496 e. The fourth-order valence-corrected chi connectivity index (χ4v) is 7.19. The zero-order valence-corrected chi connectivity index (χ0v) is 17.2. The van der Waals surface area contributed by atoms with Crippen LogP contribution in [0.4, 0.5) is 5.69 Å². The van der Waals surface area contributed by atoms with Gasteiger partial charge in [0.05, 0.1) is 7.11 Å². The predicted molar refractivity (Wildman–Crippen MR) is 120 cm³/mol. The molecule has 148 valence electrons. The van der Waals surface area contributed by atoms with Crippen molar-refractivity contribution < 1.29 is 4.74 Å². The summed E-state index contributed by atoms with van der Waals surface area (Å²) in [4.78, 5) is 0. The molecule has 0 amide bonds. The second kappa shape index (κ2) is 6.26. The maximum absolute atomic E-state index is 5.95. The first-order valence-corrected chi connectivity index (χ1v) is 11.1. The standard InChI is InChI=1S/C27H29NO/c1-29-26-7-5-23(20-2-3-22-12-24(28)6-4-21(22)11-20)13-25(26)27-14-17-8-18(15-27)10-19(9-17)16-27/h2-7,11-13,17-19H,8-10,14-16,28H2,1H3. The molecule has 0 heterocycles. The van der Waals surface area contributed by atoms with E-state index in [1.807, 2.05) is 19.2 Å². The minimum atomic E-state index is 0.335. The predicted octanol–water partition coefficient (Wildman–Crippen LogP) is 6.57. The average Bonchev–Trinajstić information content (AvgIpc) is 2.72. The zero-order chi connectivity index (χ0) is 19.6. The van der Waals surface area contributed by atoms with Gasteiger partial charge in [-0.05, 0) is 114 Å². The van der Waals surface area contributed by atoms with Crippen molar-refractivity contribution in [3.05, 3.63) is 60.2 Å². The smallest absolute Gasteiger partial charge is 0.122 e. The molecule has 0 aromatic heterocycles. The van der Waals surface area contributed by atoms with Crippen LogP contribution in [0.3, 0.4) is 0 Å². The van der Waals surface area contributed by atoms with Gasteiger partial charge in [0, 0.05) is 11.3 Å². The summed E-state index contributed by atoms with van der Waals surface area (Å²) in [6.07, 6.45) is 8.47. The number of ether oxygens (including phenoxy) is 1. The Kier molecular flexibility index (Phi) is 3.75. The van der Waals surface area contributed by atoms with Crippen LogP contribution in [0.5, 0.6) is 5.75 Å². The van der Waals surface area contributed by atoms with Crippen molar-refractivity contribution in [1.29, 1.82) is 0 Å². The summed E-state index contributed by atoms with van der Waals surface area (Å²) in [5.74, 6) is 3.88. The van der Waals surface area contributed by atoms with Crippen LogP contribution in [-0.2, 0) is 5.41 Å². The molecule has 2 nitrogen and oxygen atoms in total. The summed E-state index contributed by atoms with van der Waals surface area (Å²) in [6, 6.07) is 19.7. The highest BCUT2D eigenvalue weighted by Gasteiger charge is 2.52. The number of fused-ring (bicyclic) bond motifs is 1. The van der Waals surface area contributed by atoms with Crippen LogP contribution in [0.25, 0.3) is 21.9 Å². The van der Waals surface area contributed by atoms with Crippen molar-refractivity contribution >= 4 is 16.5 Å². The third kappa shape index (κ3) is 2.76. The Balaban J connectivity index is 1.46. The molecule has 0 atom stereocenters. The van der Waals surface area contributed by atoms with Gasteiger partial charge in [0.15, 0.2) is 0 Å². The van der Waals surface area contributed by atoms with Crippen molar-refractivity contribution in [3.63, 3.8) is 0 Å². The first-order chi connectivity index (χ1) is 14.1. The quantitative estimate of drug-likeness (QED) is 0.519. The molecule has 0 unspecified atom stereocenters. The van der Waals surface area contributed by atoms with Crippen molar-refractivity contribution in [3.8, 4) is 16.9 Å². The van der Waals surface area contributed by atoms with E-state index >= 15 is 0 Å². The molecule has 0 aliphatic heterocycles. The van der Waals surface area contributed by atoms with Crippen LogP contribution >= 0.6 is 0 Å². The van der Waals surface area contributed by atoms with Crippen LogP contribution in [0.15, 0.2) is 54.6 Å². The van der Waals surface area contributed by atoms with Gasteiger partial charge in [0.2, 0.25) is 0 Å². The highest BCUT2D eigenvalue weighted by molar-refractivity contribution is 5.89. The second-order valence-corrected chi connectivity index (χ2v) is 9.93. The molecule has 0 radical (unpaired) electrons. The number of hydrogen-bond acceptors (Lipinski definition) is 2. The fraction of sp³-hybridized carbons (Fsp3) is 0.407. The molecule has 4 fully saturated rings. The number of rotatable bonds is 3. The number of methoxy groups -OCH3 is 1. The summed E-state index contributed by atoms with van der Waals surface area (Å²) < 4.78 is 5.90. The van der Waals surface area contributed by atoms with E-state index < -0.39 is 0 Å². The van der Waals surface area contributed by atoms with Crippen molar-refractivity contribution in [2.24, 2.45) is 17.8 Å². The molecule has 4 saturated carbocycles. The lowest BCUT2D eigenvalue weighted by Gasteiger charge is -2.57. The largest absolute Gasteiger partial charge is 0.496 e. The van der Waals surface area contributed by atoms with Gasteiger partial charge in [-0.15, -0.1) is 0 Å². The fourth-order valence-electron chi connectivity index (χ4n) is 7.19. The molecule has 3 aromatic rings. The lowest BCUT2D eigenvalue weighted by Crippen LogP contribution is -2.48. The summed E-state index contributed by atoms with van der Waals surface area (Å²) in [5, 5.41) is 2.44. The molecule has 0 saturated heterocycles. The number of anilines is 1. The van der Waals surface area contributed by atoms with Gasteiger partial charge in [0.25, 0.3) is 0 Å². The van der Waals surface area contributed by atoms with Gasteiger partial charge >= 0.3 is 0 Å². The van der Waals surface area contributed by atoms with Gasteiger partial charge in [0.1, 0.15) is 5.75 Å². The number of nitrogen functional groups attached to an aromatic ring is 1. The zero-order valence-electron chi connectivity index (χ0n) is 17.2. The summed E-state index contributed by atoms with van der Waals surface area (Å²) in [7, 11) is 1.83. The Bertz CT molecular complexity index is 1060. The number of nitrogens with two attached hydrogens (primary N) is 1. The SMILES string of the molecule is COc1ccc(-c2ccc3cc(N)ccc3c2)cc1C12CC3CC(CC(C3)C1)C2. The van der Waals surface area contributed by atoms with Gasteiger partial charge in [-0.3, -0.25) is 0 Å². The van der Waals surface area contributed by atoms with Crippen LogP contribution in [0.2, 0.25) is 0 Å². The molecule has 0 spiro atoms. The molecule has 3 aromatic carbocycles. The Morgan fingerprint density at radius 1 is 0.759 bits per heavy atom.